The van der Waals surface area contributed by atoms with E-state index in [2.05, 4.69) is 31.2 Å². The average molecular weight is 283 g/mol. The van der Waals surface area contributed by atoms with Crippen LogP contribution in [-0.4, -0.2) is 22.5 Å². The number of hydrogen-bond acceptors (Lipinski definition) is 3. The summed E-state index contributed by atoms with van der Waals surface area (Å²) >= 11 is 0. The average Bonchev–Trinajstić information content (AvgIpc) is 2.52. The van der Waals surface area contributed by atoms with Gasteiger partial charge in [-0.1, -0.05) is 45.2 Å². The third-order valence-electron chi connectivity index (χ3n) is 5.15. The molecule has 0 aliphatic heterocycles. The quantitative estimate of drug-likeness (QED) is 0.303. The molecule has 0 aromatic rings. The number of rotatable bonds is 6. The van der Waals surface area contributed by atoms with Crippen LogP contribution in [0.25, 0.3) is 0 Å². The Kier molecular flexibility index (Phi) is 5.84. The molecule has 0 unspecified atom stereocenters. The molecule has 0 aromatic heterocycles. The number of nitrogens with two attached hydrogens (primary N) is 1. The van der Waals surface area contributed by atoms with Crippen molar-refractivity contribution in [2.24, 2.45) is 16.3 Å². The van der Waals surface area contributed by atoms with Crippen LogP contribution < -0.4 is 11.1 Å². The van der Waals surface area contributed by atoms with Gasteiger partial charge in [0.2, 0.25) is 5.91 Å². The number of oxime groups is 1. The minimum absolute atomic E-state index is 0.0620. The van der Waals surface area contributed by atoms with Crippen molar-refractivity contribution in [1.82, 2.24) is 5.32 Å². The SMILES string of the molecule is CCC(CC)(CC)NC(=O)C1(C(N)=NO)CCCCC1. The minimum atomic E-state index is -0.822. The number of amidine groups is 1. The highest BCUT2D eigenvalue weighted by Gasteiger charge is 2.45. The van der Waals surface area contributed by atoms with Crippen LogP contribution in [0.1, 0.15) is 72.1 Å². The van der Waals surface area contributed by atoms with E-state index < -0.39 is 5.41 Å². The van der Waals surface area contributed by atoms with Crippen LogP contribution in [0.15, 0.2) is 5.16 Å². The molecule has 5 nitrogen and oxygen atoms in total. The van der Waals surface area contributed by atoms with Gasteiger partial charge in [0, 0.05) is 5.54 Å². The third kappa shape index (κ3) is 3.07. The van der Waals surface area contributed by atoms with Crippen LogP contribution in [0.4, 0.5) is 0 Å². The van der Waals surface area contributed by atoms with Gasteiger partial charge < -0.3 is 16.3 Å². The second kappa shape index (κ2) is 6.95. The Morgan fingerprint density at radius 2 is 1.70 bits per heavy atom. The smallest absolute Gasteiger partial charge is 0.234 e. The van der Waals surface area contributed by atoms with E-state index in [-0.39, 0.29) is 17.3 Å². The molecule has 1 fully saturated rings. The van der Waals surface area contributed by atoms with Crippen LogP contribution in [0.3, 0.4) is 0 Å². The van der Waals surface area contributed by atoms with Gasteiger partial charge in [-0.2, -0.15) is 0 Å². The molecule has 0 atom stereocenters. The molecule has 0 bridgehead atoms. The van der Waals surface area contributed by atoms with Gasteiger partial charge in [0.15, 0.2) is 5.84 Å². The molecule has 0 aromatic carbocycles. The van der Waals surface area contributed by atoms with Crippen molar-refractivity contribution >= 4 is 11.7 Å². The summed E-state index contributed by atoms with van der Waals surface area (Å²) < 4.78 is 0. The molecule has 1 saturated carbocycles. The molecule has 116 valence electrons. The molecule has 1 aliphatic rings. The molecule has 0 heterocycles. The van der Waals surface area contributed by atoms with Crippen LogP contribution in [-0.2, 0) is 4.79 Å². The Balaban J connectivity index is 3.00. The van der Waals surface area contributed by atoms with Crippen molar-refractivity contribution < 1.29 is 10.0 Å². The fourth-order valence-corrected chi connectivity index (χ4v) is 3.23. The van der Waals surface area contributed by atoms with Crippen molar-refractivity contribution in [3.63, 3.8) is 0 Å². The predicted octanol–water partition coefficient (Wildman–Crippen LogP) is 2.77. The van der Waals surface area contributed by atoms with Gasteiger partial charge in [0.1, 0.15) is 5.41 Å². The number of carbonyl (C=O) groups excluding carboxylic acids is 1. The van der Waals surface area contributed by atoms with Gasteiger partial charge in [-0.15, -0.1) is 0 Å². The maximum Gasteiger partial charge on any atom is 0.234 e. The van der Waals surface area contributed by atoms with E-state index in [9.17, 15) is 4.79 Å². The highest BCUT2D eigenvalue weighted by molar-refractivity contribution is 6.07. The molecule has 20 heavy (non-hydrogen) atoms. The Hall–Kier alpha value is -1.26. The first-order valence-electron chi connectivity index (χ1n) is 7.81. The van der Waals surface area contributed by atoms with E-state index in [4.69, 9.17) is 10.9 Å². The Labute approximate surface area is 122 Å². The summed E-state index contributed by atoms with van der Waals surface area (Å²) in [5.41, 5.74) is 4.86. The molecular formula is C15H29N3O2. The van der Waals surface area contributed by atoms with Crippen LogP contribution in [0.5, 0.6) is 0 Å². The third-order valence-corrected chi connectivity index (χ3v) is 5.15. The van der Waals surface area contributed by atoms with E-state index >= 15 is 0 Å². The summed E-state index contributed by atoms with van der Waals surface area (Å²) in [6, 6.07) is 0. The summed E-state index contributed by atoms with van der Waals surface area (Å²) in [5.74, 6) is -0.00930. The van der Waals surface area contributed by atoms with Crippen LogP contribution in [0.2, 0.25) is 0 Å². The fraction of sp³-hybridized carbons (Fsp3) is 0.867. The van der Waals surface area contributed by atoms with Gasteiger partial charge in [-0.25, -0.2) is 0 Å². The summed E-state index contributed by atoms with van der Waals surface area (Å²) in [4.78, 5) is 12.8. The maximum atomic E-state index is 12.8. The van der Waals surface area contributed by atoms with Crippen molar-refractivity contribution in [2.45, 2.75) is 77.7 Å². The Morgan fingerprint density at radius 1 is 1.20 bits per heavy atom. The monoisotopic (exact) mass is 283 g/mol. The van der Waals surface area contributed by atoms with E-state index in [1.165, 1.54) is 0 Å². The first-order chi connectivity index (χ1) is 9.50. The molecule has 1 amide bonds. The zero-order valence-corrected chi connectivity index (χ0v) is 13.0. The number of nitrogens with zero attached hydrogens (tertiary/aromatic N) is 1. The largest absolute Gasteiger partial charge is 0.409 e. The highest BCUT2D eigenvalue weighted by Crippen LogP contribution is 2.38. The second-order valence-corrected chi connectivity index (χ2v) is 5.92. The van der Waals surface area contributed by atoms with Gasteiger partial charge in [-0.3, -0.25) is 4.79 Å². The topological polar surface area (TPSA) is 87.7 Å². The Bertz CT molecular complexity index is 348. The van der Waals surface area contributed by atoms with Crippen molar-refractivity contribution in [1.29, 1.82) is 0 Å². The highest BCUT2D eigenvalue weighted by atomic mass is 16.4. The van der Waals surface area contributed by atoms with Crippen molar-refractivity contribution in [2.75, 3.05) is 0 Å². The molecule has 0 radical (unpaired) electrons. The molecule has 0 saturated heterocycles. The molecule has 0 spiro atoms. The van der Waals surface area contributed by atoms with E-state index in [0.717, 1.165) is 38.5 Å². The standard InChI is InChI=1S/C15H29N3O2/c1-4-14(5-2,6-3)17-13(19)15(12(16)18-20)10-8-7-9-11-15/h20H,4-11H2,1-3H3,(H2,16,18)(H,17,19). The zero-order chi connectivity index (χ0) is 15.2. The number of nitrogens with one attached hydrogen (secondary N) is 1. The van der Waals surface area contributed by atoms with E-state index in [1.807, 2.05) is 0 Å². The minimum Gasteiger partial charge on any atom is -0.409 e. The molecular weight excluding hydrogens is 254 g/mol. The predicted molar refractivity (Wildman–Crippen MR) is 80.7 cm³/mol. The van der Waals surface area contributed by atoms with Gasteiger partial charge in [-0.05, 0) is 32.1 Å². The lowest BCUT2D eigenvalue weighted by molar-refractivity contribution is -0.131. The first kappa shape index (κ1) is 16.8. The fourth-order valence-electron chi connectivity index (χ4n) is 3.23. The van der Waals surface area contributed by atoms with Crippen molar-refractivity contribution in [3.05, 3.63) is 0 Å². The lowest BCUT2D eigenvalue weighted by Crippen LogP contribution is -2.57. The van der Waals surface area contributed by atoms with Crippen LogP contribution in [0, 0.1) is 5.41 Å². The molecule has 4 N–H and O–H groups in total. The summed E-state index contributed by atoms with van der Waals surface area (Å²) in [5, 5.41) is 15.4. The van der Waals surface area contributed by atoms with Crippen molar-refractivity contribution in [3.8, 4) is 0 Å². The lowest BCUT2D eigenvalue weighted by Gasteiger charge is -2.40. The Morgan fingerprint density at radius 3 is 2.10 bits per heavy atom. The zero-order valence-electron chi connectivity index (χ0n) is 13.0. The van der Waals surface area contributed by atoms with Gasteiger partial charge in [0.05, 0.1) is 0 Å². The number of carbonyl (C=O) groups is 1. The summed E-state index contributed by atoms with van der Waals surface area (Å²) in [6.45, 7) is 6.26. The molecule has 5 heteroatoms. The first-order valence-corrected chi connectivity index (χ1v) is 7.81. The molecule has 1 rings (SSSR count). The summed E-state index contributed by atoms with van der Waals surface area (Å²) in [6.07, 6.45) is 6.99. The normalized spacial score (nSPS) is 19.6. The maximum absolute atomic E-state index is 12.8. The van der Waals surface area contributed by atoms with Gasteiger partial charge >= 0.3 is 0 Å². The van der Waals surface area contributed by atoms with Crippen LogP contribution >= 0.6 is 0 Å². The summed E-state index contributed by atoms with van der Waals surface area (Å²) in [7, 11) is 0. The second-order valence-electron chi connectivity index (χ2n) is 5.92. The van der Waals surface area contributed by atoms with E-state index in [0.29, 0.717) is 12.8 Å². The van der Waals surface area contributed by atoms with Gasteiger partial charge in [0.25, 0.3) is 0 Å². The van der Waals surface area contributed by atoms with E-state index in [1.54, 1.807) is 0 Å². The molecule has 1 aliphatic carbocycles. The lowest BCUT2D eigenvalue weighted by atomic mass is 9.71. The number of amides is 1. The number of hydrogen-bond donors (Lipinski definition) is 3.